The molecule has 4 heteroatoms. The number of allylic oxidation sites excluding steroid dienone is 2. The molecule has 2 unspecified atom stereocenters. The van der Waals surface area contributed by atoms with E-state index in [0.717, 1.165) is 0 Å². The monoisotopic (exact) mass is 764 g/mol. The van der Waals surface area contributed by atoms with Crippen LogP contribution in [0.1, 0.15) is 101 Å². The fraction of sp³-hybridized carbons (Fsp3) is 0.364. The summed E-state index contributed by atoms with van der Waals surface area (Å²) in [5, 5.41) is 0. The second-order valence-electron chi connectivity index (χ2n) is 15.3. The molecule has 0 spiro atoms. The SMILES string of the molecule is CC1=Cc2c(cc3c(c2-c2cc(C)cc(C)c2)CCC3)[CH]1[Zr+2]([CH]1C(C)=Cc2c1cc1c(c2-c2cc(C)cc(C)c2)CCC1)=[Si](C)C.[Cl-].[Cl-]. The smallest absolute Gasteiger partial charge is 1.00 e. The topological polar surface area (TPSA) is 0 Å². The van der Waals surface area contributed by atoms with Gasteiger partial charge in [-0.25, -0.2) is 0 Å². The van der Waals surface area contributed by atoms with E-state index in [4.69, 9.17) is 0 Å². The summed E-state index contributed by atoms with van der Waals surface area (Å²) in [4.78, 5) is 0. The Bertz CT molecular complexity index is 1910. The first-order valence-corrected chi connectivity index (χ1v) is 26.7. The van der Waals surface area contributed by atoms with Gasteiger partial charge in [0.25, 0.3) is 0 Å². The fourth-order valence-corrected chi connectivity index (χ4v) is 30.6. The molecular formula is C44H48Cl2SiZr. The van der Waals surface area contributed by atoms with Gasteiger partial charge in [0.05, 0.1) is 0 Å². The zero-order valence-corrected chi connectivity index (χ0v) is 34.9. The number of benzene rings is 4. The molecule has 0 aromatic heterocycles. The fourth-order valence-electron chi connectivity index (χ4n) is 9.94. The molecular weight excluding hydrogens is 719 g/mol. The summed E-state index contributed by atoms with van der Waals surface area (Å²) in [6.45, 7) is 19.5. The largest absolute Gasteiger partial charge is 1.00 e. The predicted octanol–water partition coefficient (Wildman–Crippen LogP) is 5.73. The Morgan fingerprint density at radius 2 is 0.896 bits per heavy atom. The Kier molecular flexibility index (Phi) is 10.2. The maximum Gasteiger partial charge on any atom is -1.00 e. The van der Waals surface area contributed by atoms with Gasteiger partial charge in [0.15, 0.2) is 0 Å². The first-order chi connectivity index (χ1) is 22.1. The van der Waals surface area contributed by atoms with E-state index in [-0.39, 0.29) is 24.8 Å². The van der Waals surface area contributed by atoms with Crippen LogP contribution in [-0.4, -0.2) is 5.43 Å². The number of hydrogen-bond donors (Lipinski definition) is 0. The van der Waals surface area contributed by atoms with Crippen molar-refractivity contribution in [3.05, 3.63) is 126 Å². The van der Waals surface area contributed by atoms with Gasteiger partial charge in [-0.15, -0.1) is 0 Å². The average molecular weight is 767 g/mol. The van der Waals surface area contributed by atoms with Crippen molar-refractivity contribution in [2.45, 2.75) is 100 Å². The molecule has 0 aliphatic heterocycles. The maximum atomic E-state index is 2.73. The van der Waals surface area contributed by atoms with E-state index in [0.29, 0.717) is 7.25 Å². The van der Waals surface area contributed by atoms with Crippen molar-refractivity contribution in [1.29, 1.82) is 0 Å². The van der Waals surface area contributed by atoms with Gasteiger partial charge in [-0.1, -0.05) is 0 Å². The molecule has 0 saturated carbocycles. The minimum absolute atomic E-state index is 0. The summed E-state index contributed by atoms with van der Waals surface area (Å²) in [5.74, 6) is 0. The van der Waals surface area contributed by atoms with Crippen molar-refractivity contribution >= 4 is 17.6 Å². The third kappa shape index (κ3) is 5.86. The number of aryl methyl sites for hydroxylation is 6. The van der Waals surface area contributed by atoms with Gasteiger partial charge in [-0.2, -0.15) is 0 Å². The van der Waals surface area contributed by atoms with Crippen LogP contribution in [0.3, 0.4) is 0 Å². The third-order valence-corrected chi connectivity index (χ3v) is 31.4. The number of halogens is 2. The Balaban J connectivity index is 0.00000201. The first-order valence-electron chi connectivity index (χ1n) is 17.7. The van der Waals surface area contributed by atoms with Crippen molar-refractivity contribution in [3.63, 3.8) is 0 Å². The van der Waals surface area contributed by atoms with Crippen LogP contribution in [0.5, 0.6) is 0 Å². The Morgan fingerprint density at radius 1 is 0.521 bits per heavy atom. The minimum atomic E-state index is -2.18. The normalized spacial score (nSPS) is 18.1. The van der Waals surface area contributed by atoms with Crippen LogP contribution >= 0.6 is 0 Å². The molecule has 0 amide bonds. The molecule has 0 nitrogen and oxygen atoms in total. The Hall–Kier alpha value is -1.96. The molecule has 0 fully saturated rings. The average Bonchev–Trinajstić information content (AvgIpc) is 3.76. The molecule has 4 aliphatic carbocycles. The van der Waals surface area contributed by atoms with Gasteiger partial charge in [0, 0.05) is 0 Å². The van der Waals surface area contributed by atoms with Gasteiger partial charge in [-0.3, -0.25) is 0 Å². The zero-order chi connectivity index (χ0) is 32.0. The number of fused-ring (bicyclic) bond motifs is 4. The predicted molar refractivity (Wildman–Crippen MR) is 197 cm³/mol. The summed E-state index contributed by atoms with van der Waals surface area (Å²) >= 11 is -2.18. The molecule has 8 rings (SSSR count). The van der Waals surface area contributed by atoms with E-state index in [1.54, 1.807) is 66.8 Å². The third-order valence-electron chi connectivity index (χ3n) is 11.4. The first kappa shape index (κ1) is 35.9. The van der Waals surface area contributed by atoms with E-state index < -0.39 is 25.8 Å². The van der Waals surface area contributed by atoms with Crippen LogP contribution in [0.25, 0.3) is 34.4 Å². The second-order valence-corrected chi connectivity index (χ2v) is 33.2. The quantitative estimate of drug-likeness (QED) is 0.233. The van der Waals surface area contributed by atoms with Crippen LogP contribution in [-0.2, 0) is 46.1 Å². The Morgan fingerprint density at radius 3 is 1.25 bits per heavy atom. The van der Waals surface area contributed by atoms with Crippen molar-refractivity contribution in [3.8, 4) is 22.3 Å². The molecule has 4 aromatic rings. The van der Waals surface area contributed by atoms with E-state index in [1.807, 2.05) is 0 Å². The molecule has 48 heavy (non-hydrogen) atoms. The summed E-state index contributed by atoms with van der Waals surface area (Å²) in [6.07, 6.45) is 12.9. The van der Waals surface area contributed by atoms with Crippen molar-refractivity contribution in [2.24, 2.45) is 0 Å². The molecule has 0 bridgehead atoms. The van der Waals surface area contributed by atoms with Crippen LogP contribution in [0, 0.1) is 27.7 Å². The minimum Gasteiger partial charge on any atom is -1.00 e. The van der Waals surface area contributed by atoms with Crippen LogP contribution in [0.2, 0.25) is 13.1 Å². The van der Waals surface area contributed by atoms with Gasteiger partial charge in [0.2, 0.25) is 0 Å². The van der Waals surface area contributed by atoms with Crippen LogP contribution in [0.4, 0.5) is 0 Å². The second kappa shape index (κ2) is 13.6. The molecule has 0 heterocycles. The van der Waals surface area contributed by atoms with E-state index in [9.17, 15) is 0 Å². The van der Waals surface area contributed by atoms with Gasteiger partial charge in [0.1, 0.15) is 0 Å². The summed E-state index contributed by atoms with van der Waals surface area (Å²) in [7, 11) is 0. The van der Waals surface area contributed by atoms with E-state index in [2.05, 4.69) is 115 Å². The van der Waals surface area contributed by atoms with Crippen molar-refractivity contribution < 1.29 is 45.2 Å². The van der Waals surface area contributed by atoms with Gasteiger partial charge in [-0.05, 0) is 0 Å². The molecule has 246 valence electrons. The Labute approximate surface area is 309 Å². The molecule has 0 N–H and O–H groups in total. The summed E-state index contributed by atoms with van der Waals surface area (Å²) < 4.78 is 1.35. The van der Waals surface area contributed by atoms with Crippen LogP contribution < -0.4 is 24.8 Å². The number of hydrogen-bond acceptors (Lipinski definition) is 0. The molecule has 0 saturated heterocycles. The molecule has 2 atom stereocenters. The standard InChI is InChI=1S/2C21H21.C2H6Si.2ClH.Zr/c2*1-13-7-14(2)10-18(9-13)21-19-6-4-5-16(19)12-17-8-15(3)11-20(17)21;1-3-2;;;/h2*7-12H,4-6H2,1-3H3;1-2H3;2*1H;/q;;;;;+2/p-2. The van der Waals surface area contributed by atoms with Gasteiger partial charge < -0.3 is 24.8 Å². The van der Waals surface area contributed by atoms with E-state index >= 15 is 0 Å². The summed E-state index contributed by atoms with van der Waals surface area (Å²) in [6, 6.07) is 20.0. The maximum absolute atomic E-state index is 2.73. The molecule has 0 radical (unpaired) electrons. The van der Waals surface area contributed by atoms with Gasteiger partial charge >= 0.3 is 287 Å². The number of rotatable bonds is 4. The zero-order valence-electron chi connectivity index (χ0n) is 29.9. The molecule has 4 aliphatic rings. The van der Waals surface area contributed by atoms with Crippen LogP contribution in [0.15, 0.2) is 59.7 Å². The molecule has 4 aromatic carbocycles. The van der Waals surface area contributed by atoms with Crippen molar-refractivity contribution in [2.75, 3.05) is 0 Å². The summed E-state index contributed by atoms with van der Waals surface area (Å²) in [5.41, 5.74) is 27.6. The van der Waals surface area contributed by atoms with E-state index in [1.165, 1.54) is 71.9 Å². The van der Waals surface area contributed by atoms with Crippen molar-refractivity contribution in [1.82, 2.24) is 0 Å².